The first-order valence-electron chi connectivity index (χ1n) is 30.5. The van der Waals surface area contributed by atoms with E-state index in [0.717, 1.165) is 51.4 Å². The molecule has 0 saturated heterocycles. The third kappa shape index (κ3) is 55.0. The number of rotatable bonds is 56. The Labute approximate surface area is 426 Å². The second kappa shape index (κ2) is 59.4. The Bertz CT molecular complexity index is 1120. The molecule has 4 heteroatoms. The minimum Gasteiger partial charge on any atom is -0.394 e. The highest BCUT2D eigenvalue weighted by molar-refractivity contribution is 5.76. The van der Waals surface area contributed by atoms with E-state index in [1.165, 1.54) is 250 Å². The van der Waals surface area contributed by atoms with Gasteiger partial charge in [-0.2, -0.15) is 0 Å². The molecule has 0 rings (SSSR count). The van der Waals surface area contributed by atoms with Crippen LogP contribution in [0.3, 0.4) is 0 Å². The highest BCUT2D eigenvalue weighted by Gasteiger charge is 2.18. The van der Waals surface area contributed by atoms with E-state index in [0.29, 0.717) is 6.42 Å². The number of allylic oxidation sites excluding steroid dienone is 9. The molecule has 2 atom stereocenters. The maximum absolute atomic E-state index is 12.5. The van der Waals surface area contributed by atoms with Crippen molar-refractivity contribution in [2.24, 2.45) is 0 Å². The van der Waals surface area contributed by atoms with E-state index >= 15 is 0 Å². The lowest BCUT2D eigenvalue weighted by molar-refractivity contribution is -0.123. The summed E-state index contributed by atoms with van der Waals surface area (Å²) in [6.45, 7) is 4.23. The first-order valence-corrected chi connectivity index (χ1v) is 30.5. The summed E-state index contributed by atoms with van der Waals surface area (Å²) in [6.07, 6.45) is 84.1. The predicted molar refractivity (Wildman–Crippen MR) is 304 cm³/mol. The summed E-state index contributed by atoms with van der Waals surface area (Å²) < 4.78 is 0. The van der Waals surface area contributed by atoms with Gasteiger partial charge in [-0.15, -0.1) is 0 Å². The van der Waals surface area contributed by atoms with Crippen molar-refractivity contribution in [3.05, 3.63) is 60.8 Å². The summed E-state index contributed by atoms with van der Waals surface area (Å²) in [4.78, 5) is 12.5. The van der Waals surface area contributed by atoms with E-state index < -0.39 is 12.1 Å². The monoisotopic (exact) mass is 950 g/mol. The first-order chi connectivity index (χ1) is 33.7. The first kappa shape index (κ1) is 66.1. The standard InChI is InChI=1S/C64H119NO3/c1-3-5-7-9-11-13-15-17-19-21-23-25-27-28-29-30-31-32-33-34-35-36-38-40-42-44-46-48-50-52-54-56-58-60-64(68)65-62(61-66)63(67)59-57-55-53-51-49-47-45-43-41-39-37-26-24-22-20-18-16-14-12-10-8-6-4-2/h5,7,11,13,17,19,23,25,57,59,62-63,66-67H,3-4,6,8-10,12,14-16,18,20-22,24,26-56,58,60-61H2,1-2H3,(H,65,68)/b7-5-,13-11-,19-17-,25-23-,59-57+. The lowest BCUT2D eigenvalue weighted by atomic mass is 10.0. The van der Waals surface area contributed by atoms with E-state index in [2.05, 4.69) is 67.8 Å². The number of carbonyl (C=O) groups excluding carboxylic acids is 1. The highest BCUT2D eigenvalue weighted by Crippen LogP contribution is 2.18. The Morgan fingerprint density at radius 1 is 0.368 bits per heavy atom. The van der Waals surface area contributed by atoms with Crippen LogP contribution in [-0.4, -0.2) is 34.9 Å². The molecule has 0 aromatic carbocycles. The number of unbranched alkanes of at least 4 members (excludes halogenated alkanes) is 41. The normalized spacial score (nSPS) is 13.2. The SMILES string of the molecule is CC/C=C\C/C=C\C/C=C\C/C=C\CCCCCCCCCCCCCCCCCCCCCCC(=O)NC(CO)C(O)/C=C/CCCCCCCCCCCCCCCCCCCCCCC. The molecule has 0 bridgehead atoms. The van der Waals surface area contributed by atoms with Crippen molar-refractivity contribution in [3.8, 4) is 0 Å². The fourth-order valence-electron chi connectivity index (χ4n) is 9.41. The smallest absolute Gasteiger partial charge is 0.220 e. The Balaban J connectivity index is 3.45. The van der Waals surface area contributed by atoms with Gasteiger partial charge in [0.2, 0.25) is 5.91 Å². The van der Waals surface area contributed by atoms with Crippen LogP contribution in [0.15, 0.2) is 60.8 Å². The topological polar surface area (TPSA) is 69.6 Å². The van der Waals surface area contributed by atoms with Crippen LogP contribution in [0, 0.1) is 0 Å². The molecule has 0 heterocycles. The number of amides is 1. The molecule has 4 nitrogen and oxygen atoms in total. The second-order valence-corrected chi connectivity index (χ2v) is 20.7. The minimum atomic E-state index is -0.840. The van der Waals surface area contributed by atoms with Gasteiger partial charge in [-0.05, 0) is 57.8 Å². The number of carbonyl (C=O) groups is 1. The van der Waals surface area contributed by atoms with Gasteiger partial charge in [-0.1, -0.05) is 319 Å². The fourth-order valence-corrected chi connectivity index (χ4v) is 9.41. The van der Waals surface area contributed by atoms with Crippen LogP contribution in [-0.2, 0) is 4.79 Å². The van der Waals surface area contributed by atoms with Gasteiger partial charge in [0.1, 0.15) is 0 Å². The second-order valence-electron chi connectivity index (χ2n) is 20.7. The van der Waals surface area contributed by atoms with Crippen LogP contribution in [0.5, 0.6) is 0 Å². The van der Waals surface area contributed by atoms with Crippen molar-refractivity contribution in [1.29, 1.82) is 0 Å². The molecule has 3 N–H and O–H groups in total. The summed E-state index contributed by atoms with van der Waals surface area (Å²) >= 11 is 0. The lowest BCUT2D eigenvalue weighted by Crippen LogP contribution is -2.45. The zero-order chi connectivity index (χ0) is 49.2. The number of aliphatic hydroxyl groups is 2. The summed E-state index contributed by atoms with van der Waals surface area (Å²) in [5, 5.41) is 23.2. The van der Waals surface area contributed by atoms with Crippen molar-refractivity contribution in [1.82, 2.24) is 5.32 Å². The van der Waals surface area contributed by atoms with Gasteiger partial charge in [0, 0.05) is 6.42 Å². The van der Waals surface area contributed by atoms with Crippen LogP contribution in [0.4, 0.5) is 0 Å². The molecule has 2 unspecified atom stereocenters. The lowest BCUT2D eigenvalue weighted by Gasteiger charge is -2.20. The molecule has 0 aromatic rings. The van der Waals surface area contributed by atoms with E-state index in [9.17, 15) is 15.0 Å². The maximum atomic E-state index is 12.5. The average Bonchev–Trinajstić information content (AvgIpc) is 3.34. The Morgan fingerprint density at radius 3 is 0.971 bits per heavy atom. The molecule has 0 aromatic heterocycles. The zero-order valence-corrected chi connectivity index (χ0v) is 45.9. The van der Waals surface area contributed by atoms with Crippen molar-refractivity contribution < 1.29 is 15.0 Å². The zero-order valence-electron chi connectivity index (χ0n) is 45.9. The molecule has 68 heavy (non-hydrogen) atoms. The summed E-state index contributed by atoms with van der Waals surface area (Å²) in [6, 6.07) is -0.623. The largest absolute Gasteiger partial charge is 0.394 e. The van der Waals surface area contributed by atoms with E-state index in [1.54, 1.807) is 6.08 Å². The molecule has 398 valence electrons. The molecule has 0 saturated carbocycles. The molecular formula is C64H119NO3. The van der Waals surface area contributed by atoms with Crippen LogP contribution in [0.2, 0.25) is 0 Å². The Kier molecular flexibility index (Phi) is 57.7. The molecule has 0 aliphatic rings. The minimum absolute atomic E-state index is 0.0590. The molecule has 1 amide bonds. The van der Waals surface area contributed by atoms with Crippen LogP contribution in [0.25, 0.3) is 0 Å². The van der Waals surface area contributed by atoms with Gasteiger partial charge in [-0.25, -0.2) is 0 Å². The molecule has 0 aliphatic carbocycles. The van der Waals surface area contributed by atoms with Gasteiger partial charge in [0.15, 0.2) is 0 Å². The molecule has 0 aliphatic heterocycles. The number of nitrogens with one attached hydrogen (secondary N) is 1. The molecule has 0 spiro atoms. The molecule has 0 radical (unpaired) electrons. The van der Waals surface area contributed by atoms with Crippen LogP contribution in [0.1, 0.15) is 322 Å². The highest BCUT2D eigenvalue weighted by atomic mass is 16.3. The van der Waals surface area contributed by atoms with Gasteiger partial charge < -0.3 is 15.5 Å². The Morgan fingerprint density at radius 2 is 0.647 bits per heavy atom. The number of aliphatic hydroxyl groups excluding tert-OH is 2. The summed E-state index contributed by atoms with van der Waals surface area (Å²) in [5.74, 6) is -0.0590. The fraction of sp³-hybridized carbons (Fsp3) is 0.828. The van der Waals surface area contributed by atoms with E-state index in [-0.39, 0.29) is 12.5 Å². The van der Waals surface area contributed by atoms with Crippen molar-refractivity contribution in [2.75, 3.05) is 6.61 Å². The number of hydrogen-bond acceptors (Lipinski definition) is 3. The van der Waals surface area contributed by atoms with E-state index in [1.807, 2.05) is 6.08 Å². The van der Waals surface area contributed by atoms with Crippen molar-refractivity contribution >= 4 is 5.91 Å². The van der Waals surface area contributed by atoms with E-state index in [4.69, 9.17) is 0 Å². The molecule has 0 fully saturated rings. The van der Waals surface area contributed by atoms with Crippen LogP contribution < -0.4 is 5.32 Å². The predicted octanol–water partition coefficient (Wildman–Crippen LogP) is 20.4. The third-order valence-corrected chi connectivity index (χ3v) is 14.0. The average molecular weight is 951 g/mol. The van der Waals surface area contributed by atoms with Gasteiger partial charge >= 0.3 is 0 Å². The summed E-state index contributed by atoms with van der Waals surface area (Å²) in [7, 11) is 0. The van der Waals surface area contributed by atoms with Crippen LogP contribution >= 0.6 is 0 Å². The summed E-state index contributed by atoms with van der Waals surface area (Å²) in [5.41, 5.74) is 0. The van der Waals surface area contributed by atoms with Gasteiger partial charge in [0.05, 0.1) is 18.8 Å². The van der Waals surface area contributed by atoms with Crippen molar-refractivity contribution in [3.63, 3.8) is 0 Å². The number of hydrogen-bond donors (Lipinski definition) is 3. The van der Waals surface area contributed by atoms with Gasteiger partial charge in [0.25, 0.3) is 0 Å². The van der Waals surface area contributed by atoms with Crippen molar-refractivity contribution in [2.45, 2.75) is 334 Å². The molecular weight excluding hydrogens is 831 g/mol. The Hall–Kier alpha value is -1.91. The third-order valence-electron chi connectivity index (χ3n) is 14.0. The quantitative estimate of drug-likeness (QED) is 0.0420. The maximum Gasteiger partial charge on any atom is 0.220 e. The van der Waals surface area contributed by atoms with Gasteiger partial charge in [-0.3, -0.25) is 4.79 Å².